The van der Waals surface area contributed by atoms with Gasteiger partial charge in [-0.25, -0.2) is 13.2 Å². The van der Waals surface area contributed by atoms with Gasteiger partial charge in [-0.15, -0.1) is 0 Å². The Hall–Kier alpha value is -1.64. The Morgan fingerprint density at radius 2 is 1.85 bits per heavy atom. The largest absolute Gasteiger partial charge is 0.465 e. The molecule has 1 rings (SSSR count). The van der Waals surface area contributed by atoms with E-state index in [2.05, 4.69) is 5.32 Å². The average molecular weight is 401 g/mol. The van der Waals surface area contributed by atoms with E-state index in [9.17, 15) is 18.3 Å². The zero-order valence-corrected chi connectivity index (χ0v) is 17.2. The van der Waals surface area contributed by atoms with Crippen molar-refractivity contribution >= 4 is 16.1 Å². The van der Waals surface area contributed by atoms with E-state index in [0.717, 1.165) is 5.56 Å². The van der Waals surface area contributed by atoms with Crippen molar-refractivity contribution in [1.29, 1.82) is 0 Å². The van der Waals surface area contributed by atoms with Crippen LogP contribution in [-0.2, 0) is 16.4 Å². The molecule has 0 heterocycles. The van der Waals surface area contributed by atoms with Crippen LogP contribution in [0.3, 0.4) is 0 Å². The van der Waals surface area contributed by atoms with Crippen LogP contribution < -0.4 is 5.32 Å². The molecule has 0 radical (unpaired) electrons. The molecule has 1 amide bonds. The van der Waals surface area contributed by atoms with E-state index in [0.29, 0.717) is 25.3 Å². The molecular formula is C19H32N2O5S. The molecule has 154 valence electrons. The van der Waals surface area contributed by atoms with Crippen molar-refractivity contribution in [3.05, 3.63) is 35.9 Å². The van der Waals surface area contributed by atoms with E-state index in [4.69, 9.17) is 5.11 Å². The quantitative estimate of drug-likeness (QED) is 0.499. The zero-order valence-electron chi connectivity index (χ0n) is 16.3. The Labute approximate surface area is 162 Å². The second-order valence-electron chi connectivity index (χ2n) is 7.17. The molecule has 7 nitrogen and oxygen atoms in total. The van der Waals surface area contributed by atoms with Gasteiger partial charge in [-0.2, -0.15) is 4.31 Å². The summed E-state index contributed by atoms with van der Waals surface area (Å²) in [4.78, 5) is 11.2. The topological polar surface area (TPSA) is 107 Å². The number of nitrogens with zero attached hydrogens (tertiary/aromatic N) is 1. The number of hydrogen-bond acceptors (Lipinski definition) is 4. The van der Waals surface area contributed by atoms with E-state index < -0.39 is 28.3 Å². The minimum absolute atomic E-state index is 0.00747. The summed E-state index contributed by atoms with van der Waals surface area (Å²) in [6, 6.07) is 8.40. The van der Waals surface area contributed by atoms with Crippen molar-refractivity contribution < 1.29 is 23.4 Å². The summed E-state index contributed by atoms with van der Waals surface area (Å²) in [7, 11) is -3.50. The first-order chi connectivity index (χ1) is 12.7. The molecule has 3 N–H and O–H groups in total. The van der Waals surface area contributed by atoms with Crippen LogP contribution >= 0.6 is 0 Å². The van der Waals surface area contributed by atoms with Gasteiger partial charge in [-0.1, -0.05) is 51.1 Å². The fourth-order valence-electron chi connectivity index (χ4n) is 2.78. The van der Waals surface area contributed by atoms with Gasteiger partial charge in [0.2, 0.25) is 10.0 Å². The van der Waals surface area contributed by atoms with Crippen molar-refractivity contribution in [2.24, 2.45) is 5.92 Å². The summed E-state index contributed by atoms with van der Waals surface area (Å²) in [6.45, 7) is 5.98. The van der Waals surface area contributed by atoms with Gasteiger partial charge in [0.1, 0.15) is 0 Å². The maximum absolute atomic E-state index is 12.6. The minimum atomic E-state index is -3.50. The van der Waals surface area contributed by atoms with Crippen molar-refractivity contribution in [3.8, 4) is 0 Å². The van der Waals surface area contributed by atoms with Gasteiger partial charge >= 0.3 is 6.09 Å². The number of aliphatic hydroxyl groups excluding tert-OH is 1. The lowest BCUT2D eigenvalue weighted by Gasteiger charge is -2.29. The predicted octanol–water partition coefficient (Wildman–Crippen LogP) is 2.31. The van der Waals surface area contributed by atoms with Crippen LogP contribution in [-0.4, -0.2) is 60.0 Å². The maximum Gasteiger partial charge on any atom is 0.404 e. The normalized spacial score (nSPS) is 14.3. The Balaban J connectivity index is 2.94. The molecule has 2 atom stereocenters. The molecule has 0 aliphatic heterocycles. The Bertz CT molecular complexity index is 664. The van der Waals surface area contributed by atoms with Gasteiger partial charge in [0.25, 0.3) is 0 Å². The number of amides is 1. The first kappa shape index (κ1) is 23.4. The van der Waals surface area contributed by atoms with Crippen LogP contribution in [0.15, 0.2) is 30.3 Å². The molecule has 0 aliphatic rings. The Morgan fingerprint density at radius 1 is 1.22 bits per heavy atom. The number of aliphatic hydroxyl groups is 1. The molecule has 0 saturated heterocycles. The van der Waals surface area contributed by atoms with Crippen LogP contribution in [0.2, 0.25) is 0 Å². The van der Waals surface area contributed by atoms with Crippen molar-refractivity contribution in [3.63, 3.8) is 0 Å². The highest BCUT2D eigenvalue weighted by Crippen LogP contribution is 2.13. The van der Waals surface area contributed by atoms with Crippen LogP contribution in [0.4, 0.5) is 4.79 Å². The van der Waals surface area contributed by atoms with Crippen molar-refractivity contribution in [2.45, 2.75) is 52.2 Å². The number of sulfonamides is 1. The average Bonchev–Trinajstić information content (AvgIpc) is 2.58. The number of nitrogens with one attached hydrogen (secondary N) is 1. The molecule has 0 aromatic heterocycles. The van der Waals surface area contributed by atoms with Gasteiger partial charge in [0, 0.05) is 13.1 Å². The molecular weight excluding hydrogens is 368 g/mol. The summed E-state index contributed by atoms with van der Waals surface area (Å²) in [5.41, 5.74) is 0.862. The smallest absolute Gasteiger partial charge is 0.404 e. The van der Waals surface area contributed by atoms with Crippen LogP contribution in [0, 0.1) is 5.92 Å². The minimum Gasteiger partial charge on any atom is -0.465 e. The number of carboxylic acid groups (broad SMARTS) is 1. The van der Waals surface area contributed by atoms with Gasteiger partial charge in [0.05, 0.1) is 17.9 Å². The van der Waals surface area contributed by atoms with Gasteiger partial charge < -0.3 is 15.5 Å². The molecule has 0 fully saturated rings. The van der Waals surface area contributed by atoms with Gasteiger partial charge in [-0.05, 0) is 30.7 Å². The van der Waals surface area contributed by atoms with E-state index >= 15 is 0 Å². The number of carbonyl (C=O) groups is 1. The van der Waals surface area contributed by atoms with E-state index in [-0.39, 0.29) is 18.7 Å². The maximum atomic E-state index is 12.6. The summed E-state index contributed by atoms with van der Waals surface area (Å²) in [6.07, 6.45) is -0.969. The highest BCUT2D eigenvalue weighted by atomic mass is 32.2. The Kier molecular flexibility index (Phi) is 9.76. The van der Waals surface area contributed by atoms with E-state index in [1.165, 1.54) is 4.31 Å². The lowest BCUT2D eigenvalue weighted by atomic mass is 10.0. The SMILES string of the molecule is CCCS(=O)(=O)N(CCC(C)C)C[C@@H](O)[C@H](Cc1ccccc1)NC(=O)O. The van der Waals surface area contributed by atoms with E-state index in [1.807, 2.05) is 44.2 Å². The molecule has 1 aromatic carbocycles. The fraction of sp³-hybridized carbons (Fsp3) is 0.632. The lowest BCUT2D eigenvalue weighted by Crippen LogP contribution is -2.50. The fourth-order valence-corrected chi connectivity index (χ4v) is 4.32. The monoisotopic (exact) mass is 400 g/mol. The molecule has 0 spiro atoms. The van der Waals surface area contributed by atoms with Crippen LogP contribution in [0.5, 0.6) is 0 Å². The van der Waals surface area contributed by atoms with E-state index in [1.54, 1.807) is 6.92 Å². The standard InChI is InChI=1S/C19H32N2O5S/c1-4-12-27(25,26)21(11-10-15(2)3)14-18(22)17(20-19(23)24)13-16-8-6-5-7-9-16/h5-9,15,17-18,20,22H,4,10-14H2,1-3H3,(H,23,24)/t17-,18+/m0/s1. The lowest BCUT2D eigenvalue weighted by molar-refractivity contribution is 0.0994. The number of rotatable bonds is 12. The third-order valence-corrected chi connectivity index (χ3v) is 6.32. The van der Waals surface area contributed by atoms with Gasteiger partial charge in [-0.3, -0.25) is 0 Å². The van der Waals surface area contributed by atoms with Crippen molar-refractivity contribution in [2.75, 3.05) is 18.8 Å². The number of hydrogen-bond donors (Lipinski definition) is 3. The van der Waals surface area contributed by atoms with Crippen molar-refractivity contribution in [1.82, 2.24) is 9.62 Å². The second-order valence-corrected chi connectivity index (χ2v) is 9.26. The second kappa shape index (κ2) is 11.3. The third kappa shape index (κ3) is 8.73. The summed E-state index contributed by atoms with van der Waals surface area (Å²) >= 11 is 0. The molecule has 0 bridgehead atoms. The molecule has 27 heavy (non-hydrogen) atoms. The molecule has 0 aliphatic carbocycles. The zero-order chi connectivity index (χ0) is 20.4. The number of benzene rings is 1. The molecule has 0 unspecified atom stereocenters. The van der Waals surface area contributed by atoms with Crippen LogP contribution in [0.25, 0.3) is 0 Å². The Morgan fingerprint density at radius 3 is 2.37 bits per heavy atom. The summed E-state index contributed by atoms with van der Waals surface area (Å²) in [5.74, 6) is 0.326. The predicted molar refractivity (Wildman–Crippen MR) is 106 cm³/mol. The highest BCUT2D eigenvalue weighted by molar-refractivity contribution is 7.89. The first-order valence-electron chi connectivity index (χ1n) is 9.35. The summed E-state index contributed by atoms with van der Waals surface area (Å²) in [5, 5.41) is 22.1. The first-order valence-corrected chi connectivity index (χ1v) is 11.0. The van der Waals surface area contributed by atoms with Crippen LogP contribution in [0.1, 0.15) is 39.2 Å². The molecule has 0 saturated carbocycles. The van der Waals surface area contributed by atoms with Gasteiger partial charge in [0.15, 0.2) is 0 Å². The molecule has 1 aromatic rings. The highest BCUT2D eigenvalue weighted by Gasteiger charge is 2.29. The summed E-state index contributed by atoms with van der Waals surface area (Å²) < 4.78 is 26.4. The third-order valence-electron chi connectivity index (χ3n) is 4.27. The molecule has 8 heteroatoms.